The predicted octanol–water partition coefficient (Wildman–Crippen LogP) is 1.09. The maximum atomic E-state index is 11.9. The zero-order chi connectivity index (χ0) is 15.0. The van der Waals surface area contributed by atoms with Crippen LogP contribution >= 0.6 is 0 Å². The van der Waals surface area contributed by atoms with Gasteiger partial charge in [-0.05, 0) is 20.8 Å². The van der Waals surface area contributed by atoms with Gasteiger partial charge >= 0.3 is 11.9 Å². The normalized spacial score (nSPS) is 10.2. The quantitative estimate of drug-likeness (QED) is 0.546. The number of carbonyl (C=O) groups is 2. The molecule has 0 radical (unpaired) electrons. The first-order chi connectivity index (χ1) is 9.63. The van der Waals surface area contributed by atoms with Gasteiger partial charge in [0.1, 0.15) is 6.33 Å². The van der Waals surface area contributed by atoms with Crippen molar-refractivity contribution in [3.8, 4) is 5.88 Å². The average Bonchev–Trinajstić information content (AvgIpc) is 2.40. The van der Waals surface area contributed by atoms with E-state index >= 15 is 0 Å². The first-order valence-electron chi connectivity index (χ1n) is 6.41. The van der Waals surface area contributed by atoms with Crippen LogP contribution in [0, 0.1) is 0 Å². The van der Waals surface area contributed by atoms with Crippen molar-refractivity contribution in [2.45, 2.75) is 26.7 Å². The monoisotopic (exact) mass is 282 g/mol. The lowest BCUT2D eigenvalue weighted by Gasteiger charge is -2.14. The van der Waals surface area contributed by atoms with Gasteiger partial charge in [0, 0.05) is 6.07 Å². The fourth-order valence-electron chi connectivity index (χ4n) is 1.53. The third kappa shape index (κ3) is 4.18. The molecule has 7 nitrogen and oxygen atoms in total. The second-order valence-corrected chi connectivity index (χ2v) is 3.65. The molecule has 0 saturated carbocycles. The van der Waals surface area contributed by atoms with E-state index in [2.05, 4.69) is 9.97 Å². The minimum atomic E-state index is -1.22. The van der Waals surface area contributed by atoms with Crippen LogP contribution in [0.3, 0.4) is 0 Å². The second kappa shape index (κ2) is 8.08. The molecule has 0 aliphatic rings. The lowest BCUT2D eigenvalue weighted by atomic mass is 10.1. The molecule has 0 amide bonds. The van der Waals surface area contributed by atoms with Crippen molar-refractivity contribution >= 4 is 11.9 Å². The Morgan fingerprint density at radius 1 is 1.05 bits per heavy atom. The van der Waals surface area contributed by atoms with Crippen LogP contribution in [0.4, 0.5) is 0 Å². The fourth-order valence-corrected chi connectivity index (χ4v) is 1.53. The second-order valence-electron chi connectivity index (χ2n) is 3.65. The van der Waals surface area contributed by atoms with Crippen molar-refractivity contribution in [2.75, 3.05) is 19.8 Å². The summed E-state index contributed by atoms with van der Waals surface area (Å²) in [4.78, 5) is 31.6. The largest absolute Gasteiger partial charge is 0.478 e. The highest BCUT2D eigenvalue weighted by molar-refractivity contribution is 6.00. The number of ether oxygens (including phenoxy) is 3. The van der Waals surface area contributed by atoms with Crippen LogP contribution in [-0.2, 0) is 19.1 Å². The van der Waals surface area contributed by atoms with Gasteiger partial charge in [0.25, 0.3) is 0 Å². The van der Waals surface area contributed by atoms with Gasteiger partial charge in [-0.15, -0.1) is 0 Å². The molecule has 0 N–H and O–H groups in total. The van der Waals surface area contributed by atoms with Crippen LogP contribution in [0.1, 0.15) is 32.4 Å². The molecule has 0 aliphatic heterocycles. The lowest BCUT2D eigenvalue weighted by Crippen LogP contribution is -2.27. The number of hydrogen-bond donors (Lipinski definition) is 0. The van der Waals surface area contributed by atoms with Gasteiger partial charge in [-0.3, -0.25) is 9.59 Å². The third-order valence-electron chi connectivity index (χ3n) is 2.30. The van der Waals surface area contributed by atoms with Crippen LogP contribution < -0.4 is 4.74 Å². The van der Waals surface area contributed by atoms with Crippen LogP contribution in [-0.4, -0.2) is 41.7 Å². The van der Waals surface area contributed by atoms with Crippen molar-refractivity contribution in [1.29, 1.82) is 0 Å². The predicted molar refractivity (Wildman–Crippen MR) is 69.2 cm³/mol. The van der Waals surface area contributed by atoms with Gasteiger partial charge < -0.3 is 14.2 Å². The Morgan fingerprint density at radius 3 is 2.15 bits per heavy atom. The van der Waals surface area contributed by atoms with E-state index in [1.807, 2.05) is 0 Å². The van der Waals surface area contributed by atoms with Gasteiger partial charge in [0.05, 0.1) is 25.5 Å². The topological polar surface area (TPSA) is 87.6 Å². The molecule has 0 aliphatic carbocycles. The molecule has 7 heteroatoms. The average molecular weight is 282 g/mol. The molecule has 0 spiro atoms. The molecule has 1 aromatic rings. The van der Waals surface area contributed by atoms with E-state index in [1.54, 1.807) is 20.8 Å². The van der Waals surface area contributed by atoms with Gasteiger partial charge in [-0.1, -0.05) is 0 Å². The SMILES string of the molecule is CCOC(=O)C(C(=O)OCC)c1cc(OCC)ncn1. The first kappa shape index (κ1) is 15.9. The van der Waals surface area contributed by atoms with E-state index in [4.69, 9.17) is 14.2 Å². The van der Waals surface area contributed by atoms with Crippen molar-refractivity contribution in [2.24, 2.45) is 0 Å². The van der Waals surface area contributed by atoms with E-state index in [-0.39, 0.29) is 24.8 Å². The van der Waals surface area contributed by atoms with Crippen molar-refractivity contribution in [3.63, 3.8) is 0 Å². The molecule has 110 valence electrons. The molecule has 0 bridgehead atoms. The fraction of sp³-hybridized carbons (Fsp3) is 0.538. The Labute approximate surface area is 117 Å². The van der Waals surface area contributed by atoms with E-state index in [0.29, 0.717) is 6.61 Å². The Bertz CT molecular complexity index is 446. The minimum Gasteiger partial charge on any atom is -0.478 e. The molecule has 0 aromatic carbocycles. The molecule has 1 aromatic heterocycles. The van der Waals surface area contributed by atoms with Crippen LogP contribution in [0.15, 0.2) is 12.4 Å². The zero-order valence-corrected chi connectivity index (χ0v) is 11.8. The van der Waals surface area contributed by atoms with Crippen LogP contribution in [0.5, 0.6) is 5.88 Å². The van der Waals surface area contributed by atoms with Crippen molar-refractivity contribution in [3.05, 3.63) is 18.1 Å². The van der Waals surface area contributed by atoms with E-state index in [9.17, 15) is 9.59 Å². The number of carbonyl (C=O) groups excluding carboxylic acids is 2. The number of esters is 2. The zero-order valence-electron chi connectivity index (χ0n) is 11.8. The summed E-state index contributed by atoms with van der Waals surface area (Å²) < 4.78 is 15.0. The maximum absolute atomic E-state index is 11.9. The van der Waals surface area contributed by atoms with Gasteiger partial charge in [-0.25, -0.2) is 9.97 Å². The number of aromatic nitrogens is 2. The standard InChI is InChI=1S/C13H18N2O5/c1-4-18-10-7-9(14-8-15-10)11(12(16)19-5-2)13(17)20-6-3/h7-8,11H,4-6H2,1-3H3. The molecule has 1 heterocycles. The molecule has 0 fully saturated rings. The van der Waals surface area contributed by atoms with E-state index in [1.165, 1.54) is 12.4 Å². The summed E-state index contributed by atoms with van der Waals surface area (Å²) in [6.45, 7) is 5.86. The maximum Gasteiger partial charge on any atom is 0.326 e. The molecular formula is C13H18N2O5. The summed E-state index contributed by atoms with van der Waals surface area (Å²) in [5.41, 5.74) is 0.195. The van der Waals surface area contributed by atoms with Gasteiger partial charge in [0.15, 0.2) is 5.92 Å². The smallest absolute Gasteiger partial charge is 0.326 e. The molecular weight excluding hydrogens is 264 g/mol. The Hall–Kier alpha value is -2.18. The highest BCUT2D eigenvalue weighted by atomic mass is 16.6. The van der Waals surface area contributed by atoms with Gasteiger partial charge in [-0.2, -0.15) is 0 Å². The number of rotatable bonds is 7. The summed E-state index contributed by atoms with van der Waals surface area (Å²) >= 11 is 0. The van der Waals surface area contributed by atoms with Crippen LogP contribution in [0.25, 0.3) is 0 Å². The van der Waals surface area contributed by atoms with Gasteiger partial charge in [0.2, 0.25) is 5.88 Å². The van der Waals surface area contributed by atoms with Crippen molar-refractivity contribution < 1.29 is 23.8 Å². The first-order valence-corrected chi connectivity index (χ1v) is 6.41. The molecule has 20 heavy (non-hydrogen) atoms. The molecule has 1 rings (SSSR count). The third-order valence-corrected chi connectivity index (χ3v) is 2.30. The van der Waals surface area contributed by atoms with Crippen LogP contribution in [0.2, 0.25) is 0 Å². The summed E-state index contributed by atoms with van der Waals surface area (Å²) in [7, 11) is 0. The highest BCUT2D eigenvalue weighted by Gasteiger charge is 2.33. The van der Waals surface area contributed by atoms with E-state index in [0.717, 1.165) is 0 Å². The lowest BCUT2D eigenvalue weighted by molar-refractivity contribution is -0.157. The molecule has 0 atom stereocenters. The minimum absolute atomic E-state index is 0.165. The summed E-state index contributed by atoms with van der Waals surface area (Å²) in [5.74, 6) is -2.34. The number of hydrogen-bond acceptors (Lipinski definition) is 7. The molecule has 0 unspecified atom stereocenters. The summed E-state index contributed by atoms with van der Waals surface area (Å²) in [6, 6.07) is 1.43. The Kier molecular flexibility index (Phi) is 6.42. The molecule has 0 saturated heterocycles. The highest BCUT2D eigenvalue weighted by Crippen LogP contribution is 2.20. The number of nitrogens with zero attached hydrogens (tertiary/aromatic N) is 2. The van der Waals surface area contributed by atoms with Crippen molar-refractivity contribution in [1.82, 2.24) is 9.97 Å². The summed E-state index contributed by atoms with van der Waals surface area (Å²) in [6.07, 6.45) is 1.23. The summed E-state index contributed by atoms with van der Waals surface area (Å²) in [5, 5.41) is 0. The Morgan fingerprint density at radius 2 is 1.65 bits per heavy atom. The Balaban J connectivity index is 3.05. The van der Waals surface area contributed by atoms with E-state index < -0.39 is 17.9 Å².